The Kier molecular flexibility index (Phi) is 5.98. The summed E-state index contributed by atoms with van der Waals surface area (Å²) in [6, 6.07) is 12.4. The summed E-state index contributed by atoms with van der Waals surface area (Å²) in [5.74, 6) is -0.695. The number of nitro groups is 1. The van der Waals surface area contributed by atoms with E-state index in [4.69, 9.17) is 16.3 Å². The lowest BCUT2D eigenvalue weighted by Crippen LogP contribution is -2.14. The lowest BCUT2D eigenvalue weighted by Gasteiger charge is -2.11. The monoisotopic (exact) mass is 413 g/mol. The molecule has 0 radical (unpaired) electrons. The summed E-state index contributed by atoms with van der Waals surface area (Å²) in [6.07, 6.45) is 0. The first-order chi connectivity index (χ1) is 13.8. The van der Waals surface area contributed by atoms with Crippen molar-refractivity contribution in [1.29, 1.82) is 0 Å². The standard InChI is InChI=1S/C21H20ClN3O4/c1-13-8-9-20(21(23-13)25(27)28)29-12-19(26)17-10-14(2)24(15(17)3)11-16-6-4-5-7-18(16)22/h4-10H,11-12H2,1-3H3. The van der Waals surface area contributed by atoms with E-state index < -0.39 is 10.7 Å². The van der Waals surface area contributed by atoms with Crippen LogP contribution in [0, 0.1) is 30.9 Å². The molecule has 0 bridgehead atoms. The van der Waals surface area contributed by atoms with Crippen molar-refractivity contribution >= 4 is 23.2 Å². The van der Waals surface area contributed by atoms with Crippen LogP contribution in [0.5, 0.6) is 5.75 Å². The zero-order chi connectivity index (χ0) is 21.1. The number of ether oxygens (including phenoxy) is 1. The Bertz CT molecular complexity index is 1090. The molecule has 3 aromatic rings. The highest BCUT2D eigenvalue weighted by atomic mass is 35.5. The van der Waals surface area contributed by atoms with Crippen LogP contribution in [0.15, 0.2) is 42.5 Å². The lowest BCUT2D eigenvalue weighted by molar-refractivity contribution is -0.390. The smallest absolute Gasteiger partial charge is 0.406 e. The number of hydrogen-bond acceptors (Lipinski definition) is 5. The Morgan fingerprint density at radius 2 is 1.93 bits per heavy atom. The molecule has 2 aromatic heterocycles. The molecule has 0 amide bonds. The van der Waals surface area contributed by atoms with Gasteiger partial charge in [0.25, 0.3) is 0 Å². The van der Waals surface area contributed by atoms with Crippen LogP contribution in [-0.4, -0.2) is 26.9 Å². The number of aromatic nitrogens is 2. The van der Waals surface area contributed by atoms with Crippen LogP contribution in [0.2, 0.25) is 5.02 Å². The Morgan fingerprint density at radius 1 is 1.21 bits per heavy atom. The highest BCUT2D eigenvalue weighted by molar-refractivity contribution is 6.31. The number of nitrogens with zero attached hydrogens (tertiary/aromatic N) is 3. The second kappa shape index (κ2) is 8.45. The van der Waals surface area contributed by atoms with E-state index in [0.717, 1.165) is 17.0 Å². The topological polar surface area (TPSA) is 87.3 Å². The summed E-state index contributed by atoms with van der Waals surface area (Å²) in [5.41, 5.74) is 3.66. The highest BCUT2D eigenvalue weighted by Crippen LogP contribution is 2.25. The van der Waals surface area contributed by atoms with Gasteiger partial charge in [-0.25, -0.2) is 0 Å². The molecule has 3 rings (SSSR count). The fourth-order valence-corrected chi connectivity index (χ4v) is 3.31. The first-order valence-corrected chi connectivity index (χ1v) is 9.34. The van der Waals surface area contributed by atoms with E-state index in [0.29, 0.717) is 22.8 Å². The van der Waals surface area contributed by atoms with Gasteiger partial charge in [-0.2, -0.15) is 0 Å². The van der Waals surface area contributed by atoms with Crippen molar-refractivity contribution in [3.05, 3.63) is 85.8 Å². The van der Waals surface area contributed by atoms with Crippen LogP contribution >= 0.6 is 11.6 Å². The molecule has 0 unspecified atom stereocenters. The largest absolute Gasteiger partial charge is 0.477 e. The summed E-state index contributed by atoms with van der Waals surface area (Å²) >= 11 is 6.26. The van der Waals surface area contributed by atoms with Crippen molar-refractivity contribution in [3.8, 4) is 5.75 Å². The number of Topliss-reactive ketones (excluding diaryl/α,β-unsaturated/α-hetero) is 1. The summed E-state index contributed by atoms with van der Waals surface area (Å²) < 4.78 is 7.43. The van der Waals surface area contributed by atoms with Gasteiger partial charge in [0.2, 0.25) is 11.5 Å². The highest BCUT2D eigenvalue weighted by Gasteiger charge is 2.21. The van der Waals surface area contributed by atoms with Crippen molar-refractivity contribution < 1.29 is 14.5 Å². The molecule has 7 nitrogen and oxygen atoms in total. The maximum Gasteiger partial charge on any atom is 0.406 e. The zero-order valence-electron chi connectivity index (χ0n) is 16.3. The van der Waals surface area contributed by atoms with Crippen molar-refractivity contribution in [1.82, 2.24) is 9.55 Å². The van der Waals surface area contributed by atoms with Crippen molar-refractivity contribution in [2.75, 3.05) is 6.61 Å². The number of aryl methyl sites for hydroxylation is 2. The van der Waals surface area contributed by atoms with Gasteiger partial charge in [0.05, 0.1) is 0 Å². The lowest BCUT2D eigenvalue weighted by atomic mass is 10.1. The summed E-state index contributed by atoms with van der Waals surface area (Å²) in [6.45, 7) is 5.64. The maximum absolute atomic E-state index is 12.7. The maximum atomic E-state index is 12.7. The molecular formula is C21H20ClN3O4. The van der Waals surface area contributed by atoms with E-state index in [1.54, 1.807) is 19.1 Å². The van der Waals surface area contributed by atoms with Gasteiger partial charge < -0.3 is 19.4 Å². The number of ketones is 1. The molecule has 8 heteroatoms. The molecule has 0 aliphatic heterocycles. The van der Waals surface area contributed by atoms with E-state index in [1.807, 2.05) is 42.7 Å². The number of halogens is 1. The van der Waals surface area contributed by atoms with E-state index in [1.165, 1.54) is 6.07 Å². The van der Waals surface area contributed by atoms with E-state index in [-0.39, 0.29) is 18.1 Å². The minimum atomic E-state index is -0.623. The third-order valence-electron chi connectivity index (χ3n) is 4.67. The molecule has 0 aliphatic rings. The third-order valence-corrected chi connectivity index (χ3v) is 5.04. The summed E-state index contributed by atoms with van der Waals surface area (Å²) in [4.78, 5) is 27.1. The SMILES string of the molecule is Cc1ccc(OCC(=O)c2cc(C)n(Cc3ccccc3Cl)c2C)c([N+](=O)[O-])n1. The van der Waals surface area contributed by atoms with Crippen LogP contribution < -0.4 is 4.74 Å². The summed E-state index contributed by atoms with van der Waals surface area (Å²) in [7, 11) is 0. The van der Waals surface area contributed by atoms with Crippen molar-refractivity contribution in [2.24, 2.45) is 0 Å². The minimum absolute atomic E-state index is 0.0289. The number of benzene rings is 1. The molecule has 0 fully saturated rings. The quantitative estimate of drug-likeness (QED) is 0.319. The molecule has 0 saturated carbocycles. The number of pyridine rings is 1. The predicted octanol–water partition coefficient (Wildman–Crippen LogP) is 4.68. The molecule has 150 valence electrons. The van der Waals surface area contributed by atoms with Gasteiger partial charge in [-0.15, -0.1) is 0 Å². The molecule has 0 N–H and O–H groups in total. The Labute approximate surface area is 173 Å². The Balaban J connectivity index is 1.79. The molecule has 0 atom stereocenters. The zero-order valence-corrected chi connectivity index (χ0v) is 17.1. The average Bonchev–Trinajstić information content (AvgIpc) is 2.96. The second-order valence-electron chi connectivity index (χ2n) is 6.71. The Hall–Kier alpha value is -3.19. The average molecular weight is 414 g/mol. The van der Waals surface area contributed by atoms with Gasteiger partial charge in [0, 0.05) is 35.4 Å². The van der Waals surface area contributed by atoms with Gasteiger partial charge in [0.15, 0.2) is 6.61 Å². The van der Waals surface area contributed by atoms with Gasteiger partial charge in [0.1, 0.15) is 5.69 Å². The van der Waals surface area contributed by atoms with Crippen LogP contribution in [-0.2, 0) is 6.54 Å². The first-order valence-electron chi connectivity index (χ1n) is 8.96. The molecular weight excluding hydrogens is 394 g/mol. The van der Waals surface area contributed by atoms with Gasteiger partial charge in [-0.05, 0) is 53.6 Å². The van der Waals surface area contributed by atoms with Gasteiger partial charge in [-0.1, -0.05) is 29.8 Å². The number of carbonyl (C=O) groups is 1. The van der Waals surface area contributed by atoms with Gasteiger partial charge in [-0.3, -0.25) is 4.79 Å². The van der Waals surface area contributed by atoms with E-state index >= 15 is 0 Å². The van der Waals surface area contributed by atoms with Crippen LogP contribution in [0.4, 0.5) is 5.82 Å². The summed E-state index contributed by atoms with van der Waals surface area (Å²) in [5, 5.41) is 11.8. The fraction of sp³-hybridized carbons (Fsp3) is 0.238. The van der Waals surface area contributed by atoms with Crippen molar-refractivity contribution in [2.45, 2.75) is 27.3 Å². The number of carbonyl (C=O) groups excluding carboxylic acids is 1. The Morgan fingerprint density at radius 3 is 2.62 bits per heavy atom. The predicted molar refractivity (Wildman–Crippen MR) is 110 cm³/mol. The first kappa shape index (κ1) is 20.5. The normalized spacial score (nSPS) is 10.8. The van der Waals surface area contributed by atoms with Crippen LogP contribution in [0.1, 0.15) is 33.0 Å². The number of hydrogen-bond donors (Lipinski definition) is 0. The molecule has 2 heterocycles. The molecule has 0 aliphatic carbocycles. The third kappa shape index (κ3) is 4.46. The molecule has 29 heavy (non-hydrogen) atoms. The van der Waals surface area contributed by atoms with E-state index in [2.05, 4.69) is 4.98 Å². The van der Waals surface area contributed by atoms with Gasteiger partial charge >= 0.3 is 5.82 Å². The van der Waals surface area contributed by atoms with E-state index in [9.17, 15) is 14.9 Å². The van der Waals surface area contributed by atoms with Crippen LogP contribution in [0.25, 0.3) is 0 Å². The minimum Gasteiger partial charge on any atom is -0.477 e. The fourth-order valence-electron chi connectivity index (χ4n) is 3.12. The second-order valence-corrected chi connectivity index (χ2v) is 7.11. The van der Waals surface area contributed by atoms with Crippen LogP contribution in [0.3, 0.4) is 0 Å². The molecule has 1 aromatic carbocycles. The number of rotatable bonds is 7. The molecule has 0 saturated heterocycles. The molecule has 0 spiro atoms. The van der Waals surface area contributed by atoms with Crippen molar-refractivity contribution in [3.63, 3.8) is 0 Å².